The Bertz CT molecular complexity index is 1770. The first-order valence-corrected chi connectivity index (χ1v) is 22.2. The van der Waals surface area contributed by atoms with E-state index >= 15 is 0 Å². The molecule has 3 aromatic rings. The van der Waals surface area contributed by atoms with Crippen molar-refractivity contribution in [2.24, 2.45) is 11.8 Å². The first-order chi connectivity index (χ1) is 28.5. The molecule has 4 heterocycles. The fraction of sp³-hybridized carbons (Fsp3) is 0.562. The molecule has 316 valence electrons. The van der Waals surface area contributed by atoms with Gasteiger partial charge in [-0.1, -0.05) is 72.8 Å². The van der Waals surface area contributed by atoms with Crippen LogP contribution in [0.4, 0.5) is 13.2 Å². The van der Waals surface area contributed by atoms with Crippen molar-refractivity contribution < 1.29 is 32.7 Å². The van der Waals surface area contributed by atoms with Crippen LogP contribution < -0.4 is 10.6 Å². The largest absolute Gasteiger partial charge is 0.490 e. The molecule has 4 atom stereocenters. The molecule has 0 spiro atoms. The third-order valence-corrected chi connectivity index (χ3v) is 14.4. The number of aliphatic carboxylic acids is 1. The lowest BCUT2D eigenvalue weighted by Gasteiger charge is -2.31. The third kappa shape index (κ3) is 9.72. The lowest BCUT2D eigenvalue weighted by atomic mass is 9.84. The summed E-state index contributed by atoms with van der Waals surface area (Å²) < 4.78 is 31.7. The Hall–Kier alpha value is -4.22. The van der Waals surface area contributed by atoms with Crippen LogP contribution in [0.3, 0.4) is 0 Å². The van der Waals surface area contributed by atoms with Gasteiger partial charge in [0.05, 0.1) is 12.8 Å². The zero-order valence-corrected chi connectivity index (χ0v) is 34.0. The number of alkyl halides is 3. The predicted molar refractivity (Wildman–Crippen MR) is 220 cm³/mol. The van der Waals surface area contributed by atoms with E-state index in [4.69, 9.17) is 9.90 Å². The van der Waals surface area contributed by atoms with Gasteiger partial charge in [-0.2, -0.15) is 13.2 Å². The molecular weight excluding hydrogens is 754 g/mol. The van der Waals surface area contributed by atoms with Gasteiger partial charge < -0.3 is 15.7 Å². The molecule has 9 rings (SSSR count). The number of nitrogens with zero attached hydrogens (tertiary/aromatic N) is 2. The van der Waals surface area contributed by atoms with E-state index in [1.165, 1.54) is 77.3 Å². The summed E-state index contributed by atoms with van der Waals surface area (Å²) >= 11 is 0. The van der Waals surface area contributed by atoms with Gasteiger partial charge >= 0.3 is 12.1 Å². The fourth-order valence-corrected chi connectivity index (χ4v) is 11.6. The minimum absolute atomic E-state index is 0.107. The van der Waals surface area contributed by atoms with Crippen LogP contribution in [0.2, 0.25) is 0 Å². The number of hydrogen-bond acceptors (Lipinski definition) is 5. The van der Waals surface area contributed by atoms with Gasteiger partial charge in [0.2, 0.25) is 11.8 Å². The normalized spacial score (nSPS) is 28.3. The van der Waals surface area contributed by atoms with E-state index in [9.17, 15) is 22.8 Å². The molecule has 4 aliphatic heterocycles. The highest BCUT2D eigenvalue weighted by molar-refractivity contribution is 5.80. The number of hydrogen-bond donors (Lipinski definition) is 3. The minimum Gasteiger partial charge on any atom is -0.475 e. The van der Waals surface area contributed by atoms with Crippen LogP contribution in [0.25, 0.3) is 0 Å². The minimum atomic E-state index is -5.08. The monoisotopic (exact) mass is 812 g/mol. The maximum atomic E-state index is 13.1. The molecular formula is C48H59F3N4O4. The van der Waals surface area contributed by atoms with Crippen molar-refractivity contribution in [3.63, 3.8) is 0 Å². The zero-order valence-electron chi connectivity index (χ0n) is 34.0. The molecule has 0 radical (unpaired) electrons. The molecule has 3 aromatic carbocycles. The lowest BCUT2D eigenvalue weighted by Crippen LogP contribution is -2.39. The number of carboxylic acid groups (broad SMARTS) is 1. The summed E-state index contributed by atoms with van der Waals surface area (Å²) in [6.07, 6.45) is 12.7. The van der Waals surface area contributed by atoms with Gasteiger partial charge in [-0.15, -0.1) is 0 Å². The topological polar surface area (TPSA) is 102 Å². The quantitative estimate of drug-likeness (QED) is 0.169. The lowest BCUT2D eigenvalue weighted by molar-refractivity contribution is -0.192. The van der Waals surface area contributed by atoms with Gasteiger partial charge in [-0.25, -0.2) is 4.79 Å². The highest BCUT2D eigenvalue weighted by atomic mass is 19.4. The number of carbonyl (C=O) groups is 3. The van der Waals surface area contributed by atoms with Crippen molar-refractivity contribution in [1.82, 2.24) is 20.4 Å². The Balaban J connectivity index is 0.000000637. The maximum Gasteiger partial charge on any atom is 0.490 e. The van der Waals surface area contributed by atoms with Crippen LogP contribution in [-0.2, 0) is 27.2 Å². The number of carbonyl (C=O) groups excluding carboxylic acids is 2. The van der Waals surface area contributed by atoms with Crippen LogP contribution >= 0.6 is 0 Å². The number of amides is 2. The van der Waals surface area contributed by atoms with E-state index < -0.39 is 12.1 Å². The second-order valence-corrected chi connectivity index (χ2v) is 18.1. The van der Waals surface area contributed by atoms with Crippen molar-refractivity contribution in [2.45, 2.75) is 145 Å². The molecule has 59 heavy (non-hydrogen) atoms. The van der Waals surface area contributed by atoms with Gasteiger partial charge in [0.1, 0.15) is 0 Å². The van der Waals surface area contributed by atoms with Crippen LogP contribution in [0, 0.1) is 11.8 Å². The molecule has 11 heteroatoms. The maximum absolute atomic E-state index is 13.1. The molecule has 2 aliphatic carbocycles. The van der Waals surface area contributed by atoms with Crippen molar-refractivity contribution in [1.29, 1.82) is 0 Å². The summed E-state index contributed by atoms with van der Waals surface area (Å²) in [5, 5.41) is 13.8. The molecule has 2 saturated carbocycles. The van der Waals surface area contributed by atoms with Crippen LogP contribution in [-0.4, -0.2) is 64.0 Å². The molecule has 4 bridgehead atoms. The van der Waals surface area contributed by atoms with E-state index in [-0.39, 0.29) is 23.9 Å². The number of benzene rings is 3. The zero-order chi connectivity index (χ0) is 41.1. The Labute approximate surface area is 346 Å². The van der Waals surface area contributed by atoms with Gasteiger partial charge in [0, 0.05) is 36.3 Å². The summed E-state index contributed by atoms with van der Waals surface area (Å²) in [6, 6.07) is 29.4. The van der Waals surface area contributed by atoms with Crippen molar-refractivity contribution in [3.05, 3.63) is 106 Å². The Kier molecular flexibility index (Phi) is 12.8. The van der Waals surface area contributed by atoms with Gasteiger partial charge in [0.15, 0.2) is 0 Å². The summed E-state index contributed by atoms with van der Waals surface area (Å²) in [6.45, 7) is 2.41. The summed E-state index contributed by atoms with van der Waals surface area (Å²) in [5.74, 6) is -1.01. The van der Waals surface area contributed by atoms with E-state index in [1.54, 1.807) is 22.3 Å². The number of nitrogens with one attached hydrogen (secondary N) is 2. The standard InChI is InChI=1S/C46H58N4O2.C2HF3O2/c51-45(47-35-16-12-31(13-17-35)24-26-49-41-20-21-42(49)38-9-2-1-8-37(38)41)29-33-6-5-7-34(28-33)30-46(52)48-36-18-14-32(15-19-36)25-27-50-43-22-23-44(50)40-11-4-3-10-39(40)43;3-2(4,5)1(6)7/h1-11,28,31-32,35-36,41-44H,12-27,29-30H2,(H,47,51)(H,48,52);(H,6,7)/t31?,32?,35?,36?,41-,42+,43-,44?;/m1./s1. The highest BCUT2D eigenvalue weighted by Crippen LogP contribution is 2.54. The Morgan fingerprint density at radius 1 is 0.542 bits per heavy atom. The third-order valence-electron chi connectivity index (χ3n) is 14.4. The Morgan fingerprint density at radius 3 is 1.20 bits per heavy atom. The second kappa shape index (κ2) is 18.2. The van der Waals surface area contributed by atoms with Crippen molar-refractivity contribution >= 4 is 17.8 Å². The number of rotatable bonds is 12. The van der Waals surface area contributed by atoms with E-state index in [0.717, 1.165) is 48.6 Å². The van der Waals surface area contributed by atoms with Crippen LogP contribution in [0.5, 0.6) is 0 Å². The summed E-state index contributed by atoms with van der Waals surface area (Å²) in [5.41, 5.74) is 8.30. The second-order valence-electron chi connectivity index (χ2n) is 18.1. The summed E-state index contributed by atoms with van der Waals surface area (Å²) in [7, 11) is 0. The molecule has 4 fully saturated rings. The Morgan fingerprint density at radius 2 is 0.881 bits per heavy atom. The molecule has 6 aliphatic rings. The van der Waals surface area contributed by atoms with Gasteiger partial charge in [-0.05, 0) is 148 Å². The molecule has 8 nitrogen and oxygen atoms in total. The average Bonchev–Trinajstić information content (AvgIpc) is 3.99. The van der Waals surface area contributed by atoms with Crippen LogP contribution in [0.15, 0.2) is 72.8 Å². The first kappa shape index (κ1) is 41.5. The molecule has 0 aromatic heterocycles. The summed E-state index contributed by atoms with van der Waals surface area (Å²) in [4.78, 5) is 40.6. The van der Waals surface area contributed by atoms with Crippen molar-refractivity contribution in [2.75, 3.05) is 13.1 Å². The number of halogens is 3. The van der Waals surface area contributed by atoms with E-state index in [1.807, 2.05) is 18.2 Å². The predicted octanol–water partition coefficient (Wildman–Crippen LogP) is 9.32. The van der Waals surface area contributed by atoms with Gasteiger partial charge in [-0.3, -0.25) is 19.4 Å². The van der Waals surface area contributed by atoms with E-state index in [0.29, 0.717) is 37.0 Å². The average molecular weight is 813 g/mol. The first-order valence-electron chi connectivity index (χ1n) is 22.2. The SMILES string of the molecule is O=C(Cc1cccc(CC(=O)NC2CCC(CCN3[C@@H]4CC[C@H]3c3ccccc34)CC2)c1)NC1CCC(CCN2C3CC[C@@H]2c2ccccc23)CC1.O=C(O)C(F)(F)F. The van der Waals surface area contributed by atoms with E-state index in [2.05, 4.69) is 75.0 Å². The van der Waals surface area contributed by atoms with Crippen LogP contribution in [0.1, 0.15) is 147 Å². The molecule has 1 unspecified atom stereocenters. The fourth-order valence-electron chi connectivity index (χ4n) is 11.6. The number of fused-ring (bicyclic) bond motifs is 10. The van der Waals surface area contributed by atoms with Gasteiger partial charge in [0.25, 0.3) is 0 Å². The molecule has 3 N–H and O–H groups in total. The molecule has 2 saturated heterocycles. The highest BCUT2D eigenvalue weighted by Gasteiger charge is 2.44. The number of carboxylic acids is 1. The van der Waals surface area contributed by atoms with Crippen molar-refractivity contribution in [3.8, 4) is 0 Å². The smallest absolute Gasteiger partial charge is 0.475 e. The molecule has 2 amide bonds.